The second kappa shape index (κ2) is 9.51. The van der Waals surface area contributed by atoms with Gasteiger partial charge in [0.1, 0.15) is 18.2 Å². The van der Waals surface area contributed by atoms with Crippen molar-refractivity contribution in [3.63, 3.8) is 0 Å². The van der Waals surface area contributed by atoms with Crippen LogP contribution in [0.4, 0.5) is 14.5 Å². The lowest BCUT2D eigenvalue weighted by Crippen LogP contribution is -2.48. The summed E-state index contributed by atoms with van der Waals surface area (Å²) in [5, 5.41) is 8.63. The molecule has 0 aromatic heterocycles. The van der Waals surface area contributed by atoms with Gasteiger partial charge in [0.25, 0.3) is 5.91 Å². The summed E-state index contributed by atoms with van der Waals surface area (Å²) in [5.74, 6) is -1.69. The minimum atomic E-state index is -0.845. The number of rotatable bonds is 5. The fraction of sp³-hybridized carbons (Fsp3) is 0.364. The van der Waals surface area contributed by atoms with Crippen molar-refractivity contribution in [3.05, 3.63) is 63.9 Å². The minimum absolute atomic E-state index is 0.0772. The average molecular weight is 467 g/mol. The number of halogens is 4. The summed E-state index contributed by atoms with van der Waals surface area (Å²) in [7, 11) is 0. The molecule has 2 aromatic rings. The number of hydrazone groups is 1. The third-order valence-electron chi connectivity index (χ3n) is 5.59. The molecule has 2 aromatic carbocycles. The number of carbonyl (C=O) groups is 1. The Morgan fingerprint density at radius 1 is 1.10 bits per heavy atom. The van der Waals surface area contributed by atoms with E-state index in [-0.39, 0.29) is 5.71 Å². The summed E-state index contributed by atoms with van der Waals surface area (Å²) in [5.41, 5.74) is 4.05. The molecule has 2 aliphatic rings. The van der Waals surface area contributed by atoms with Crippen molar-refractivity contribution in [1.29, 1.82) is 0 Å². The van der Waals surface area contributed by atoms with Crippen LogP contribution in [-0.4, -0.2) is 36.4 Å². The van der Waals surface area contributed by atoms with Crippen LogP contribution >= 0.6 is 23.2 Å². The van der Waals surface area contributed by atoms with Crippen LogP contribution in [0, 0.1) is 11.7 Å². The first-order valence-electron chi connectivity index (χ1n) is 10.2. The van der Waals surface area contributed by atoms with Gasteiger partial charge in [-0.05, 0) is 48.7 Å². The number of anilines is 1. The Balaban J connectivity index is 1.71. The molecular formula is C22H22Cl2F2N4O. The van der Waals surface area contributed by atoms with Crippen LogP contribution in [0.15, 0.2) is 47.6 Å². The first-order valence-corrected chi connectivity index (χ1v) is 10.9. The quantitative estimate of drug-likeness (QED) is 0.662. The van der Waals surface area contributed by atoms with Gasteiger partial charge in [-0.15, -0.1) is 0 Å². The third-order valence-corrected chi connectivity index (χ3v) is 6.13. The highest BCUT2D eigenvalue weighted by Gasteiger charge is 2.43. The minimum Gasteiger partial charge on any atom is -0.284 e. The van der Waals surface area contributed by atoms with E-state index in [1.54, 1.807) is 30.3 Å². The molecule has 1 saturated heterocycles. The van der Waals surface area contributed by atoms with Crippen LogP contribution in [-0.2, 0) is 4.79 Å². The Morgan fingerprint density at radius 3 is 2.45 bits per heavy atom. The Hall–Kier alpha value is -2.22. The van der Waals surface area contributed by atoms with Gasteiger partial charge in [0.05, 0.1) is 22.7 Å². The molecule has 0 aliphatic carbocycles. The second-order valence-corrected chi connectivity index (χ2v) is 8.52. The van der Waals surface area contributed by atoms with E-state index >= 15 is 0 Å². The highest BCUT2D eigenvalue weighted by atomic mass is 35.5. The first-order chi connectivity index (χ1) is 15.0. The van der Waals surface area contributed by atoms with Crippen molar-refractivity contribution in [2.75, 3.05) is 24.8 Å². The molecule has 1 fully saturated rings. The molecule has 1 amide bonds. The largest absolute Gasteiger partial charge is 0.284 e. The predicted octanol–water partition coefficient (Wildman–Crippen LogP) is 5.15. The van der Waals surface area contributed by atoms with Crippen molar-refractivity contribution in [2.24, 2.45) is 11.0 Å². The zero-order valence-corrected chi connectivity index (χ0v) is 18.2. The maximum absolute atomic E-state index is 14.3. The highest BCUT2D eigenvalue weighted by molar-refractivity contribution is 6.41. The van der Waals surface area contributed by atoms with E-state index in [1.165, 1.54) is 17.1 Å². The number of nitrogens with one attached hydrogen (secondary N) is 1. The average Bonchev–Trinajstić information content (AvgIpc) is 3.14. The fourth-order valence-corrected chi connectivity index (χ4v) is 4.55. The maximum atomic E-state index is 14.3. The van der Waals surface area contributed by atoms with Gasteiger partial charge < -0.3 is 0 Å². The number of piperidine rings is 1. The lowest BCUT2D eigenvalue weighted by Gasteiger charge is -2.28. The number of carbonyl (C=O) groups excluding carboxylic acids is 1. The summed E-state index contributed by atoms with van der Waals surface area (Å²) in [6.45, 7) is 0.677. The topological polar surface area (TPSA) is 47.9 Å². The zero-order valence-electron chi connectivity index (χ0n) is 16.7. The maximum Gasteiger partial charge on any atom is 0.282 e. The first kappa shape index (κ1) is 22.0. The van der Waals surface area contributed by atoms with Gasteiger partial charge in [-0.3, -0.25) is 19.6 Å². The lowest BCUT2D eigenvalue weighted by molar-refractivity contribution is -0.120. The molecule has 31 heavy (non-hydrogen) atoms. The predicted molar refractivity (Wildman–Crippen MR) is 119 cm³/mol. The molecule has 1 N–H and O–H groups in total. The molecule has 2 atom stereocenters. The number of amides is 1. The molecule has 0 saturated carbocycles. The molecule has 5 nitrogen and oxygen atoms in total. The van der Waals surface area contributed by atoms with Gasteiger partial charge in [-0.25, -0.2) is 9.40 Å². The van der Waals surface area contributed by atoms with Crippen molar-refractivity contribution in [1.82, 2.24) is 10.4 Å². The summed E-state index contributed by atoms with van der Waals surface area (Å²) >= 11 is 12.4. The van der Waals surface area contributed by atoms with Crippen LogP contribution < -0.4 is 10.4 Å². The SMILES string of the molecule is O=C(NN1CCCCC1)C1=NN(c2ccc(Cl)cc2Cl)C(c2ccc(F)cc2)C1CF. The summed E-state index contributed by atoms with van der Waals surface area (Å²) < 4.78 is 27.9. The normalized spacial score (nSPS) is 21.8. The number of hydrogen-bond acceptors (Lipinski definition) is 4. The van der Waals surface area contributed by atoms with Gasteiger partial charge in [-0.1, -0.05) is 41.8 Å². The van der Waals surface area contributed by atoms with Crippen LogP contribution in [0.3, 0.4) is 0 Å². The van der Waals surface area contributed by atoms with Gasteiger partial charge >= 0.3 is 0 Å². The van der Waals surface area contributed by atoms with E-state index in [4.69, 9.17) is 23.2 Å². The number of alkyl halides is 1. The number of hydrazine groups is 1. The van der Waals surface area contributed by atoms with E-state index in [0.717, 1.165) is 32.4 Å². The molecule has 9 heteroatoms. The molecule has 4 rings (SSSR count). The van der Waals surface area contributed by atoms with Gasteiger partial charge in [0.2, 0.25) is 0 Å². The lowest BCUT2D eigenvalue weighted by atomic mass is 9.90. The summed E-state index contributed by atoms with van der Waals surface area (Å²) in [4.78, 5) is 13.0. The molecule has 0 spiro atoms. The Labute approximate surface area is 189 Å². The summed E-state index contributed by atoms with van der Waals surface area (Å²) in [6.07, 6.45) is 3.10. The van der Waals surface area contributed by atoms with Crippen molar-refractivity contribution in [2.45, 2.75) is 25.3 Å². The molecular weight excluding hydrogens is 445 g/mol. The molecule has 2 aliphatic heterocycles. The Kier molecular flexibility index (Phi) is 6.74. The van der Waals surface area contributed by atoms with Crippen molar-refractivity contribution >= 4 is 40.5 Å². The molecule has 0 radical (unpaired) electrons. The molecule has 2 heterocycles. The second-order valence-electron chi connectivity index (χ2n) is 7.67. The van der Waals surface area contributed by atoms with Gasteiger partial charge in [-0.2, -0.15) is 5.10 Å². The van der Waals surface area contributed by atoms with Crippen molar-refractivity contribution in [3.8, 4) is 0 Å². The van der Waals surface area contributed by atoms with Crippen LogP contribution in [0.2, 0.25) is 10.0 Å². The van der Waals surface area contributed by atoms with Gasteiger partial charge in [0.15, 0.2) is 0 Å². The van der Waals surface area contributed by atoms with E-state index in [9.17, 15) is 13.6 Å². The van der Waals surface area contributed by atoms with E-state index < -0.39 is 30.4 Å². The number of benzene rings is 2. The number of nitrogens with zero attached hydrogens (tertiary/aromatic N) is 3. The Bertz CT molecular complexity index is 980. The van der Waals surface area contributed by atoms with Gasteiger partial charge in [0, 0.05) is 18.1 Å². The Morgan fingerprint density at radius 2 is 1.81 bits per heavy atom. The van der Waals surface area contributed by atoms with E-state index in [0.29, 0.717) is 21.3 Å². The monoisotopic (exact) mass is 466 g/mol. The van der Waals surface area contributed by atoms with E-state index in [1.807, 2.05) is 5.01 Å². The van der Waals surface area contributed by atoms with E-state index in [2.05, 4.69) is 10.5 Å². The highest BCUT2D eigenvalue weighted by Crippen LogP contribution is 2.42. The number of hydrogen-bond donors (Lipinski definition) is 1. The molecule has 2 unspecified atom stereocenters. The van der Waals surface area contributed by atoms with Crippen LogP contribution in [0.1, 0.15) is 30.9 Å². The fourth-order valence-electron chi connectivity index (χ4n) is 4.05. The third kappa shape index (κ3) is 4.68. The standard InChI is InChI=1S/C22H22Cl2F2N4O/c23-15-6-9-19(18(24)12-15)30-21(14-4-7-16(26)8-5-14)17(13-25)20(27-30)22(31)28-29-10-2-1-3-11-29/h4-9,12,17,21H,1-3,10-11,13H2,(H,28,31). The zero-order chi connectivity index (χ0) is 22.0. The van der Waals surface area contributed by atoms with Crippen LogP contribution in [0.5, 0.6) is 0 Å². The molecule has 164 valence electrons. The smallest absolute Gasteiger partial charge is 0.282 e. The molecule has 0 bridgehead atoms. The van der Waals surface area contributed by atoms with Crippen molar-refractivity contribution < 1.29 is 13.6 Å². The van der Waals surface area contributed by atoms with Crippen LogP contribution in [0.25, 0.3) is 0 Å². The summed E-state index contributed by atoms with van der Waals surface area (Å²) in [6, 6.07) is 9.97.